The maximum absolute atomic E-state index is 8.99. The Morgan fingerprint density at radius 2 is 2.06 bits per heavy atom. The van der Waals surface area contributed by atoms with Gasteiger partial charge in [0.2, 0.25) is 11.8 Å². The molecule has 0 spiro atoms. The summed E-state index contributed by atoms with van der Waals surface area (Å²) in [5.74, 6) is 2.02. The molecule has 0 aromatic carbocycles. The lowest BCUT2D eigenvalue weighted by molar-refractivity contribution is 0.170. The molecule has 1 aromatic rings. The van der Waals surface area contributed by atoms with Crippen molar-refractivity contribution in [2.24, 2.45) is 0 Å². The highest BCUT2D eigenvalue weighted by atomic mass is 16.4. The van der Waals surface area contributed by atoms with Gasteiger partial charge in [0.05, 0.1) is 13.2 Å². The number of hydrogen-bond donors (Lipinski definition) is 1. The number of nitrogens with zero attached hydrogens (tertiary/aromatic N) is 3. The maximum Gasteiger partial charge on any atom is 0.230 e. The molecule has 5 nitrogen and oxygen atoms in total. The third-order valence-corrected chi connectivity index (χ3v) is 3.20. The minimum atomic E-state index is 0.195. The summed E-state index contributed by atoms with van der Waals surface area (Å²) in [7, 11) is 0. The molecule has 3 rings (SSSR count). The second-order valence-electron chi connectivity index (χ2n) is 4.73. The molecule has 0 atom stereocenters. The summed E-state index contributed by atoms with van der Waals surface area (Å²) in [4.78, 5) is 2.23. The molecular weight excluding hydrogens is 206 g/mol. The molecule has 1 N–H and O–H groups in total. The molecule has 2 aliphatic carbocycles. The van der Waals surface area contributed by atoms with Crippen LogP contribution in [0.2, 0.25) is 0 Å². The van der Waals surface area contributed by atoms with Gasteiger partial charge in [-0.25, -0.2) is 0 Å². The first-order chi connectivity index (χ1) is 7.86. The number of aliphatic hydroxyl groups excluding tert-OH is 1. The molecule has 1 heterocycles. The van der Waals surface area contributed by atoms with Crippen LogP contribution in [0.3, 0.4) is 0 Å². The summed E-state index contributed by atoms with van der Waals surface area (Å²) in [6, 6.07) is 0.614. The lowest BCUT2D eigenvalue weighted by Gasteiger charge is -2.17. The fraction of sp³-hybridized carbons (Fsp3) is 0.818. The van der Waals surface area contributed by atoms with Crippen LogP contribution in [0.25, 0.3) is 0 Å². The van der Waals surface area contributed by atoms with Crippen molar-refractivity contribution in [3.05, 3.63) is 11.8 Å². The van der Waals surface area contributed by atoms with Crippen molar-refractivity contribution in [2.45, 2.75) is 44.2 Å². The Morgan fingerprint density at radius 3 is 2.69 bits per heavy atom. The number of aromatic nitrogens is 2. The van der Waals surface area contributed by atoms with E-state index in [9.17, 15) is 0 Å². The van der Waals surface area contributed by atoms with Crippen LogP contribution in [0.1, 0.15) is 43.4 Å². The highest BCUT2D eigenvalue weighted by Gasteiger charge is 2.32. The van der Waals surface area contributed by atoms with Crippen molar-refractivity contribution in [1.82, 2.24) is 15.1 Å². The largest absolute Gasteiger partial charge is 0.424 e. The third-order valence-electron chi connectivity index (χ3n) is 3.20. The predicted molar refractivity (Wildman–Crippen MR) is 56.8 cm³/mol. The molecule has 1 aromatic heterocycles. The lowest BCUT2D eigenvalue weighted by atomic mass is 10.4. The van der Waals surface area contributed by atoms with Crippen molar-refractivity contribution < 1.29 is 9.52 Å². The Labute approximate surface area is 94.5 Å². The standard InChI is InChI=1S/C11H17N3O2/c15-6-5-14(9-3-4-9)7-10-12-13-11(16-10)8-1-2-8/h8-9,15H,1-7H2. The average molecular weight is 223 g/mol. The Balaban J connectivity index is 1.61. The van der Waals surface area contributed by atoms with Gasteiger partial charge in [0.1, 0.15) is 0 Å². The summed E-state index contributed by atoms with van der Waals surface area (Å²) in [6.07, 6.45) is 4.82. The van der Waals surface area contributed by atoms with E-state index in [1.165, 1.54) is 25.7 Å². The molecule has 2 fully saturated rings. The first kappa shape index (κ1) is 10.2. The van der Waals surface area contributed by atoms with Gasteiger partial charge >= 0.3 is 0 Å². The second kappa shape index (κ2) is 4.14. The molecule has 2 saturated carbocycles. The van der Waals surface area contributed by atoms with Gasteiger partial charge in [-0.15, -0.1) is 10.2 Å². The molecule has 0 bridgehead atoms. The monoisotopic (exact) mass is 223 g/mol. The molecule has 0 unspecified atom stereocenters. The van der Waals surface area contributed by atoms with E-state index >= 15 is 0 Å². The molecule has 0 saturated heterocycles. The first-order valence-electron chi connectivity index (χ1n) is 6.04. The van der Waals surface area contributed by atoms with E-state index in [-0.39, 0.29) is 6.61 Å². The van der Waals surface area contributed by atoms with E-state index in [1.807, 2.05) is 0 Å². The van der Waals surface area contributed by atoms with E-state index in [0.717, 1.165) is 5.89 Å². The molecule has 0 radical (unpaired) electrons. The summed E-state index contributed by atoms with van der Waals surface area (Å²) in [5, 5.41) is 17.1. The molecule has 5 heteroatoms. The molecule has 0 aliphatic heterocycles. The highest BCUT2D eigenvalue weighted by Crippen LogP contribution is 2.39. The predicted octanol–water partition coefficient (Wildman–Crippen LogP) is 0.904. The van der Waals surface area contributed by atoms with E-state index < -0.39 is 0 Å². The highest BCUT2D eigenvalue weighted by molar-refractivity contribution is 5.00. The normalized spacial score (nSPS) is 20.6. The van der Waals surface area contributed by atoms with Gasteiger partial charge in [-0.2, -0.15) is 0 Å². The molecule has 2 aliphatic rings. The van der Waals surface area contributed by atoms with Crippen LogP contribution in [0.15, 0.2) is 4.42 Å². The smallest absolute Gasteiger partial charge is 0.230 e. The SMILES string of the molecule is OCCN(Cc1nnc(C2CC2)o1)C1CC1. The Bertz CT molecular complexity index is 358. The first-order valence-corrected chi connectivity index (χ1v) is 6.04. The summed E-state index contributed by atoms with van der Waals surface area (Å²) in [5.41, 5.74) is 0. The summed E-state index contributed by atoms with van der Waals surface area (Å²) >= 11 is 0. The number of rotatable bonds is 6. The van der Waals surface area contributed by atoms with E-state index in [4.69, 9.17) is 9.52 Å². The zero-order valence-electron chi connectivity index (χ0n) is 9.30. The van der Waals surface area contributed by atoms with Gasteiger partial charge < -0.3 is 9.52 Å². The van der Waals surface area contributed by atoms with Crippen molar-refractivity contribution in [2.75, 3.05) is 13.2 Å². The zero-order valence-corrected chi connectivity index (χ0v) is 9.30. The van der Waals surface area contributed by atoms with Crippen molar-refractivity contribution >= 4 is 0 Å². The maximum atomic E-state index is 8.99. The minimum absolute atomic E-state index is 0.195. The molecule has 0 amide bonds. The Kier molecular flexibility index (Phi) is 2.65. The Morgan fingerprint density at radius 1 is 1.25 bits per heavy atom. The quantitative estimate of drug-likeness (QED) is 0.776. The zero-order chi connectivity index (χ0) is 11.0. The van der Waals surface area contributed by atoms with Crippen molar-refractivity contribution in [1.29, 1.82) is 0 Å². The van der Waals surface area contributed by atoms with Gasteiger partial charge in [-0.3, -0.25) is 4.90 Å². The van der Waals surface area contributed by atoms with E-state index in [2.05, 4.69) is 15.1 Å². The van der Waals surface area contributed by atoms with Gasteiger partial charge in [-0.05, 0) is 25.7 Å². The third kappa shape index (κ3) is 2.25. The van der Waals surface area contributed by atoms with Crippen LogP contribution in [0.4, 0.5) is 0 Å². The van der Waals surface area contributed by atoms with E-state index in [0.29, 0.717) is 30.9 Å². The van der Waals surface area contributed by atoms with Crippen LogP contribution < -0.4 is 0 Å². The average Bonchev–Trinajstić information content (AvgIpc) is 3.18. The van der Waals surface area contributed by atoms with Crippen LogP contribution in [-0.4, -0.2) is 39.4 Å². The minimum Gasteiger partial charge on any atom is -0.424 e. The summed E-state index contributed by atoms with van der Waals surface area (Å²) < 4.78 is 5.62. The fourth-order valence-corrected chi connectivity index (χ4v) is 1.96. The van der Waals surface area contributed by atoms with Crippen molar-refractivity contribution in [3.8, 4) is 0 Å². The topological polar surface area (TPSA) is 62.4 Å². The van der Waals surface area contributed by atoms with Crippen LogP contribution >= 0.6 is 0 Å². The van der Waals surface area contributed by atoms with E-state index in [1.54, 1.807) is 0 Å². The Hall–Kier alpha value is -0.940. The number of hydrogen-bond acceptors (Lipinski definition) is 5. The second-order valence-corrected chi connectivity index (χ2v) is 4.73. The number of aliphatic hydroxyl groups is 1. The van der Waals surface area contributed by atoms with Gasteiger partial charge in [-0.1, -0.05) is 0 Å². The van der Waals surface area contributed by atoms with Gasteiger partial charge in [0, 0.05) is 18.5 Å². The molecule has 16 heavy (non-hydrogen) atoms. The van der Waals surface area contributed by atoms with Crippen LogP contribution in [0, 0.1) is 0 Å². The van der Waals surface area contributed by atoms with Crippen LogP contribution in [0.5, 0.6) is 0 Å². The molecular formula is C11H17N3O2. The van der Waals surface area contributed by atoms with Crippen molar-refractivity contribution in [3.63, 3.8) is 0 Å². The summed E-state index contributed by atoms with van der Waals surface area (Å²) in [6.45, 7) is 1.58. The fourth-order valence-electron chi connectivity index (χ4n) is 1.96. The van der Waals surface area contributed by atoms with Gasteiger partial charge in [0.15, 0.2) is 0 Å². The van der Waals surface area contributed by atoms with Gasteiger partial charge in [0.25, 0.3) is 0 Å². The van der Waals surface area contributed by atoms with Crippen LogP contribution in [-0.2, 0) is 6.54 Å². The lowest BCUT2D eigenvalue weighted by Crippen LogP contribution is -2.28. The molecule has 88 valence electrons.